The van der Waals surface area contributed by atoms with Crippen molar-refractivity contribution in [3.63, 3.8) is 0 Å². The van der Waals surface area contributed by atoms with Crippen LogP contribution in [0.25, 0.3) is 0 Å². The van der Waals surface area contributed by atoms with E-state index in [0.29, 0.717) is 19.6 Å². The highest BCUT2D eigenvalue weighted by molar-refractivity contribution is 5.82. The van der Waals surface area contributed by atoms with E-state index in [0.717, 1.165) is 19.3 Å². The van der Waals surface area contributed by atoms with Crippen LogP contribution in [-0.4, -0.2) is 37.1 Å². The van der Waals surface area contributed by atoms with Gasteiger partial charge < -0.3 is 15.4 Å². The molecule has 84 valence electrons. The number of hydrogen-bond acceptors (Lipinski definition) is 3. The Labute approximate surface area is 88.5 Å². The second-order valence-corrected chi connectivity index (χ2v) is 4.05. The maximum Gasteiger partial charge on any atom is 0.249 e. The zero-order chi connectivity index (χ0) is 10.7. The average molecular weight is 212 g/mol. The van der Waals surface area contributed by atoms with Crippen LogP contribution in [0.4, 0.5) is 0 Å². The van der Waals surface area contributed by atoms with Gasteiger partial charge in [0.15, 0.2) is 0 Å². The molecule has 0 saturated carbocycles. The summed E-state index contributed by atoms with van der Waals surface area (Å²) in [6.45, 7) is 1.22. The van der Waals surface area contributed by atoms with Crippen LogP contribution in [0.1, 0.15) is 25.7 Å². The first-order valence-corrected chi connectivity index (χ1v) is 5.44. The summed E-state index contributed by atoms with van der Waals surface area (Å²) >= 11 is 0. The van der Waals surface area contributed by atoms with Crippen LogP contribution in [0, 0.1) is 0 Å². The van der Waals surface area contributed by atoms with Gasteiger partial charge in [0.2, 0.25) is 11.8 Å². The van der Waals surface area contributed by atoms with Gasteiger partial charge in [-0.2, -0.15) is 0 Å². The van der Waals surface area contributed by atoms with E-state index >= 15 is 0 Å². The number of nitrogens with one attached hydrogen (secondary N) is 2. The predicted molar refractivity (Wildman–Crippen MR) is 53.1 cm³/mol. The van der Waals surface area contributed by atoms with E-state index in [1.807, 2.05) is 0 Å². The van der Waals surface area contributed by atoms with Crippen LogP contribution in [0.5, 0.6) is 0 Å². The Hall–Kier alpha value is -1.10. The third-order valence-corrected chi connectivity index (χ3v) is 2.83. The van der Waals surface area contributed by atoms with E-state index in [1.165, 1.54) is 0 Å². The maximum absolute atomic E-state index is 11.6. The summed E-state index contributed by atoms with van der Waals surface area (Å²) in [6, 6.07) is 0.0689. The molecular weight excluding hydrogens is 196 g/mol. The summed E-state index contributed by atoms with van der Waals surface area (Å²) in [5.41, 5.74) is 0. The quantitative estimate of drug-likeness (QED) is 0.652. The molecule has 2 saturated heterocycles. The van der Waals surface area contributed by atoms with Gasteiger partial charge in [-0.05, 0) is 19.3 Å². The molecule has 2 unspecified atom stereocenters. The molecule has 15 heavy (non-hydrogen) atoms. The molecule has 2 amide bonds. The van der Waals surface area contributed by atoms with Crippen LogP contribution in [0.2, 0.25) is 0 Å². The van der Waals surface area contributed by atoms with Gasteiger partial charge in [0, 0.05) is 25.6 Å². The smallest absolute Gasteiger partial charge is 0.249 e. The fourth-order valence-electron chi connectivity index (χ4n) is 1.93. The minimum Gasteiger partial charge on any atom is -0.368 e. The molecule has 2 aliphatic rings. The molecule has 0 aromatic carbocycles. The Kier molecular flexibility index (Phi) is 3.20. The highest BCUT2D eigenvalue weighted by Gasteiger charge is 2.27. The van der Waals surface area contributed by atoms with Crippen molar-refractivity contribution in [2.24, 2.45) is 0 Å². The van der Waals surface area contributed by atoms with E-state index in [1.54, 1.807) is 0 Å². The molecule has 2 rings (SSSR count). The molecule has 2 atom stereocenters. The lowest BCUT2D eigenvalue weighted by molar-refractivity contribution is -0.132. The molecule has 2 N–H and O–H groups in total. The van der Waals surface area contributed by atoms with Crippen molar-refractivity contribution in [2.75, 3.05) is 13.2 Å². The second-order valence-electron chi connectivity index (χ2n) is 4.05. The Morgan fingerprint density at radius 1 is 1.47 bits per heavy atom. The van der Waals surface area contributed by atoms with Gasteiger partial charge in [-0.25, -0.2) is 0 Å². The SMILES string of the molecule is O=C1CCC(NC(=O)C2CCCO2)CN1. The molecule has 0 aromatic rings. The number of carbonyl (C=O) groups is 2. The summed E-state index contributed by atoms with van der Waals surface area (Å²) in [6.07, 6.45) is 2.72. The topological polar surface area (TPSA) is 67.4 Å². The van der Waals surface area contributed by atoms with Crippen molar-refractivity contribution in [1.82, 2.24) is 10.6 Å². The normalized spacial score (nSPS) is 31.1. The summed E-state index contributed by atoms with van der Waals surface area (Å²) in [4.78, 5) is 22.5. The number of piperidine rings is 1. The van der Waals surface area contributed by atoms with Crippen molar-refractivity contribution >= 4 is 11.8 Å². The average Bonchev–Trinajstić information content (AvgIpc) is 2.74. The second kappa shape index (κ2) is 4.61. The molecule has 2 fully saturated rings. The molecule has 2 heterocycles. The van der Waals surface area contributed by atoms with Gasteiger partial charge in [0.1, 0.15) is 6.10 Å². The van der Waals surface area contributed by atoms with Gasteiger partial charge in [0.05, 0.1) is 0 Å². The highest BCUT2D eigenvalue weighted by Crippen LogP contribution is 2.12. The first-order valence-electron chi connectivity index (χ1n) is 5.44. The summed E-state index contributed by atoms with van der Waals surface area (Å²) in [5, 5.41) is 5.64. The van der Waals surface area contributed by atoms with Gasteiger partial charge in [-0.1, -0.05) is 0 Å². The third-order valence-electron chi connectivity index (χ3n) is 2.83. The molecule has 0 radical (unpaired) electrons. The van der Waals surface area contributed by atoms with Crippen molar-refractivity contribution in [3.8, 4) is 0 Å². The van der Waals surface area contributed by atoms with Crippen LogP contribution >= 0.6 is 0 Å². The van der Waals surface area contributed by atoms with Gasteiger partial charge in [-0.15, -0.1) is 0 Å². The summed E-state index contributed by atoms with van der Waals surface area (Å²) in [5.74, 6) is 0.0336. The molecule has 0 spiro atoms. The Morgan fingerprint density at radius 2 is 2.33 bits per heavy atom. The molecule has 0 bridgehead atoms. The molecule has 0 aromatic heterocycles. The van der Waals surface area contributed by atoms with Crippen molar-refractivity contribution in [2.45, 2.75) is 37.8 Å². The first-order chi connectivity index (χ1) is 7.25. The zero-order valence-electron chi connectivity index (χ0n) is 8.62. The van der Waals surface area contributed by atoms with E-state index in [2.05, 4.69) is 10.6 Å². The summed E-state index contributed by atoms with van der Waals surface area (Å²) < 4.78 is 5.28. The van der Waals surface area contributed by atoms with Crippen molar-refractivity contribution in [1.29, 1.82) is 0 Å². The van der Waals surface area contributed by atoms with E-state index in [9.17, 15) is 9.59 Å². The van der Waals surface area contributed by atoms with Crippen LogP contribution in [0.15, 0.2) is 0 Å². The highest BCUT2D eigenvalue weighted by atomic mass is 16.5. The number of amides is 2. The lowest BCUT2D eigenvalue weighted by Crippen LogP contribution is -2.50. The molecule has 2 aliphatic heterocycles. The number of hydrogen-bond donors (Lipinski definition) is 2. The minimum absolute atomic E-state index is 0.0337. The van der Waals surface area contributed by atoms with E-state index < -0.39 is 0 Å². The molecule has 5 heteroatoms. The predicted octanol–water partition coefficient (Wildman–Crippen LogP) is -0.440. The van der Waals surface area contributed by atoms with E-state index in [-0.39, 0.29) is 24.0 Å². The van der Waals surface area contributed by atoms with Crippen molar-refractivity contribution in [3.05, 3.63) is 0 Å². The maximum atomic E-state index is 11.6. The van der Waals surface area contributed by atoms with Gasteiger partial charge in [0.25, 0.3) is 0 Å². The molecule has 0 aliphatic carbocycles. The minimum atomic E-state index is -0.275. The number of ether oxygens (including phenoxy) is 1. The van der Waals surface area contributed by atoms with Crippen LogP contribution in [-0.2, 0) is 14.3 Å². The standard InChI is InChI=1S/C10H16N2O3/c13-9-4-3-7(6-11-9)12-10(14)8-2-1-5-15-8/h7-8H,1-6H2,(H,11,13)(H,12,14). The third kappa shape index (κ3) is 2.68. The first kappa shape index (κ1) is 10.4. The molecule has 5 nitrogen and oxygen atoms in total. The van der Waals surface area contributed by atoms with Gasteiger partial charge in [-0.3, -0.25) is 9.59 Å². The van der Waals surface area contributed by atoms with Gasteiger partial charge >= 0.3 is 0 Å². The zero-order valence-corrected chi connectivity index (χ0v) is 8.62. The number of rotatable bonds is 2. The monoisotopic (exact) mass is 212 g/mol. The Morgan fingerprint density at radius 3 is 2.93 bits per heavy atom. The Balaban J connectivity index is 1.76. The largest absolute Gasteiger partial charge is 0.368 e. The Bertz CT molecular complexity index is 251. The summed E-state index contributed by atoms with van der Waals surface area (Å²) in [7, 11) is 0. The van der Waals surface area contributed by atoms with E-state index in [4.69, 9.17) is 4.74 Å². The molecular formula is C10H16N2O3. The lowest BCUT2D eigenvalue weighted by Gasteiger charge is -2.24. The van der Waals surface area contributed by atoms with Crippen LogP contribution < -0.4 is 10.6 Å². The number of carbonyl (C=O) groups excluding carboxylic acids is 2. The lowest BCUT2D eigenvalue weighted by atomic mass is 10.1. The fourth-order valence-corrected chi connectivity index (χ4v) is 1.93. The fraction of sp³-hybridized carbons (Fsp3) is 0.800. The van der Waals surface area contributed by atoms with Crippen molar-refractivity contribution < 1.29 is 14.3 Å². The van der Waals surface area contributed by atoms with Crippen LogP contribution in [0.3, 0.4) is 0 Å².